The Bertz CT molecular complexity index is 1190. The summed E-state index contributed by atoms with van der Waals surface area (Å²) in [5.41, 5.74) is 1.56. The van der Waals surface area contributed by atoms with Crippen LogP contribution in [0.25, 0.3) is 0 Å². The van der Waals surface area contributed by atoms with Crippen molar-refractivity contribution in [3.8, 4) is 0 Å². The Balaban J connectivity index is 1.88. The van der Waals surface area contributed by atoms with Gasteiger partial charge in [-0.05, 0) is 74.9 Å². The predicted molar refractivity (Wildman–Crippen MR) is 142 cm³/mol. The normalized spacial score (nSPS) is 24.1. The second-order valence-corrected chi connectivity index (χ2v) is 14.3. The van der Waals surface area contributed by atoms with Crippen LogP contribution in [0.2, 0.25) is 10.0 Å². The maximum absolute atomic E-state index is 14.0. The summed E-state index contributed by atoms with van der Waals surface area (Å²) in [5, 5.41) is 10.8. The van der Waals surface area contributed by atoms with Crippen molar-refractivity contribution in [2.24, 2.45) is 5.92 Å². The van der Waals surface area contributed by atoms with E-state index in [-0.39, 0.29) is 30.6 Å². The van der Waals surface area contributed by atoms with Crippen LogP contribution < -0.4 is 0 Å². The number of rotatable bonds is 8. The number of benzene rings is 2. The van der Waals surface area contributed by atoms with Gasteiger partial charge in [-0.1, -0.05) is 47.5 Å². The van der Waals surface area contributed by atoms with Crippen molar-refractivity contribution in [3.63, 3.8) is 0 Å². The standard InChI is InChI=1S/C27H33Cl2NO5S/c1-27(2,3)36(33,34)16-22(17-7-8-17)30-24(18-9-11-20(28)12-10-18)25(19-5-4-6-21(29)15-19)35-23(13-14-31)26(30)32/h4-6,9-12,15,17,22-25,31H,7-8,13-14,16H2,1-3H3/t22-,23-,24-,25-/m1/s1. The number of ether oxygens (including phenoxy) is 1. The van der Waals surface area contributed by atoms with Gasteiger partial charge in [-0.3, -0.25) is 4.79 Å². The highest BCUT2D eigenvalue weighted by Gasteiger charge is 2.51. The summed E-state index contributed by atoms with van der Waals surface area (Å²) in [5.74, 6) is -0.359. The minimum Gasteiger partial charge on any atom is -0.396 e. The number of halogens is 2. The number of sulfone groups is 1. The van der Waals surface area contributed by atoms with Crippen molar-refractivity contribution in [2.75, 3.05) is 12.4 Å². The molecule has 1 aliphatic heterocycles. The van der Waals surface area contributed by atoms with E-state index >= 15 is 0 Å². The molecule has 2 aromatic rings. The molecular formula is C27H33Cl2NO5S. The van der Waals surface area contributed by atoms with Crippen LogP contribution in [0.3, 0.4) is 0 Å². The topological polar surface area (TPSA) is 83.9 Å². The van der Waals surface area contributed by atoms with E-state index in [1.807, 2.05) is 24.3 Å². The molecule has 4 atom stereocenters. The first kappa shape index (κ1) is 27.4. The number of hydrogen-bond acceptors (Lipinski definition) is 5. The zero-order valence-corrected chi connectivity index (χ0v) is 23.1. The molecule has 4 rings (SSSR count). The van der Waals surface area contributed by atoms with Gasteiger partial charge in [0.05, 0.1) is 16.5 Å². The van der Waals surface area contributed by atoms with Crippen LogP contribution in [-0.2, 0) is 19.4 Å². The Kier molecular flexibility index (Phi) is 8.08. The SMILES string of the molecule is CC(C)(C)S(=O)(=O)C[C@H](C1CC1)N1C(=O)[C@@H](CCO)O[C@H](c2cccc(Cl)c2)[C@H]1c1ccc(Cl)cc1. The lowest BCUT2D eigenvalue weighted by atomic mass is 9.89. The Labute approximate surface area is 223 Å². The van der Waals surface area contributed by atoms with Crippen LogP contribution in [0, 0.1) is 5.92 Å². The Morgan fingerprint density at radius 2 is 1.72 bits per heavy atom. The third-order valence-corrected chi connectivity index (χ3v) is 10.2. The predicted octanol–water partition coefficient (Wildman–Crippen LogP) is 5.38. The molecule has 1 saturated heterocycles. The van der Waals surface area contributed by atoms with E-state index in [1.165, 1.54) is 0 Å². The van der Waals surface area contributed by atoms with E-state index in [4.69, 9.17) is 27.9 Å². The Morgan fingerprint density at radius 3 is 2.28 bits per heavy atom. The summed E-state index contributed by atoms with van der Waals surface area (Å²) in [4.78, 5) is 15.7. The summed E-state index contributed by atoms with van der Waals surface area (Å²) in [7, 11) is -3.53. The molecule has 6 nitrogen and oxygen atoms in total. The van der Waals surface area contributed by atoms with E-state index in [0.29, 0.717) is 10.0 Å². The molecular weight excluding hydrogens is 521 g/mol. The van der Waals surface area contributed by atoms with Gasteiger partial charge in [0.1, 0.15) is 12.2 Å². The van der Waals surface area contributed by atoms with Crippen LogP contribution in [0.5, 0.6) is 0 Å². The van der Waals surface area contributed by atoms with E-state index in [1.54, 1.807) is 49.9 Å². The van der Waals surface area contributed by atoms with Crippen LogP contribution in [0.4, 0.5) is 0 Å². The van der Waals surface area contributed by atoms with Crippen LogP contribution in [0.1, 0.15) is 63.3 Å². The minimum absolute atomic E-state index is 0.0776. The van der Waals surface area contributed by atoms with Crippen LogP contribution >= 0.6 is 23.2 Å². The number of morpholine rings is 1. The van der Waals surface area contributed by atoms with Gasteiger partial charge in [0.25, 0.3) is 5.91 Å². The van der Waals surface area contributed by atoms with Crippen molar-refractivity contribution in [1.82, 2.24) is 4.90 Å². The zero-order chi connectivity index (χ0) is 26.3. The summed E-state index contributed by atoms with van der Waals surface area (Å²) >= 11 is 12.5. The molecule has 0 bridgehead atoms. The molecule has 1 aliphatic carbocycles. The molecule has 196 valence electrons. The van der Waals surface area contributed by atoms with Gasteiger partial charge >= 0.3 is 0 Å². The minimum atomic E-state index is -3.53. The number of aliphatic hydroxyl groups is 1. The van der Waals surface area contributed by atoms with Crippen molar-refractivity contribution in [1.29, 1.82) is 0 Å². The molecule has 1 amide bonds. The molecule has 1 saturated carbocycles. The quantitative estimate of drug-likeness (QED) is 0.474. The molecule has 1 N–H and O–H groups in total. The molecule has 0 unspecified atom stereocenters. The average Bonchev–Trinajstić information content (AvgIpc) is 3.64. The molecule has 2 aromatic carbocycles. The number of carbonyl (C=O) groups is 1. The van der Waals surface area contributed by atoms with Gasteiger partial charge in [-0.2, -0.15) is 0 Å². The zero-order valence-electron chi connectivity index (χ0n) is 20.7. The van der Waals surface area contributed by atoms with E-state index in [2.05, 4.69) is 0 Å². The van der Waals surface area contributed by atoms with Crippen molar-refractivity contribution < 1.29 is 23.1 Å². The third kappa shape index (κ3) is 5.76. The van der Waals surface area contributed by atoms with Gasteiger partial charge < -0.3 is 14.7 Å². The van der Waals surface area contributed by atoms with Gasteiger partial charge in [-0.25, -0.2) is 8.42 Å². The van der Waals surface area contributed by atoms with Gasteiger partial charge in [0.15, 0.2) is 9.84 Å². The molecule has 9 heteroatoms. The monoisotopic (exact) mass is 553 g/mol. The molecule has 1 heterocycles. The summed E-state index contributed by atoms with van der Waals surface area (Å²) in [6, 6.07) is 13.4. The fourth-order valence-electron chi connectivity index (χ4n) is 4.78. The lowest BCUT2D eigenvalue weighted by Crippen LogP contribution is -2.57. The third-order valence-electron chi connectivity index (χ3n) is 7.05. The number of hydrogen-bond donors (Lipinski definition) is 1. The summed E-state index contributed by atoms with van der Waals surface area (Å²) in [6.07, 6.45) is 0.311. The average molecular weight is 555 g/mol. The lowest BCUT2D eigenvalue weighted by Gasteiger charge is -2.48. The summed E-state index contributed by atoms with van der Waals surface area (Å²) < 4.78 is 32.2. The molecule has 0 spiro atoms. The number of nitrogens with zero attached hydrogens (tertiary/aromatic N) is 1. The van der Waals surface area contributed by atoms with E-state index in [0.717, 1.165) is 24.0 Å². The Hall–Kier alpha value is -1.64. The van der Waals surface area contributed by atoms with Gasteiger partial charge in [0.2, 0.25) is 0 Å². The first-order valence-corrected chi connectivity index (χ1v) is 14.7. The maximum atomic E-state index is 14.0. The number of amides is 1. The second-order valence-electron chi connectivity index (χ2n) is 10.7. The fourth-order valence-corrected chi connectivity index (χ4v) is 6.48. The molecule has 2 aliphatic rings. The molecule has 0 aromatic heterocycles. The first-order valence-electron chi connectivity index (χ1n) is 12.2. The highest BCUT2D eigenvalue weighted by Crippen LogP contribution is 2.48. The largest absolute Gasteiger partial charge is 0.396 e. The maximum Gasteiger partial charge on any atom is 0.252 e. The molecule has 0 radical (unpaired) electrons. The highest BCUT2D eigenvalue weighted by molar-refractivity contribution is 7.92. The van der Waals surface area contributed by atoms with Gasteiger partial charge in [0, 0.05) is 29.1 Å². The van der Waals surface area contributed by atoms with Crippen molar-refractivity contribution >= 4 is 38.9 Å². The van der Waals surface area contributed by atoms with Crippen molar-refractivity contribution in [2.45, 2.75) is 69.1 Å². The molecule has 2 fully saturated rings. The molecule has 36 heavy (non-hydrogen) atoms. The lowest BCUT2D eigenvalue weighted by molar-refractivity contribution is -0.181. The van der Waals surface area contributed by atoms with Crippen molar-refractivity contribution in [3.05, 3.63) is 69.7 Å². The summed E-state index contributed by atoms with van der Waals surface area (Å²) in [6.45, 7) is 4.83. The smallest absolute Gasteiger partial charge is 0.252 e. The van der Waals surface area contributed by atoms with Crippen LogP contribution in [-0.4, -0.2) is 53.6 Å². The van der Waals surface area contributed by atoms with E-state index in [9.17, 15) is 18.3 Å². The van der Waals surface area contributed by atoms with E-state index < -0.39 is 38.9 Å². The first-order chi connectivity index (χ1) is 16.9. The highest BCUT2D eigenvalue weighted by atomic mass is 35.5. The number of carbonyl (C=O) groups excluding carboxylic acids is 1. The fraction of sp³-hybridized carbons (Fsp3) is 0.519. The second kappa shape index (κ2) is 10.6. The van der Waals surface area contributed by atoms with Crippen LogP contribution in [0.15, 0.2) is 48.5 Å². The number of aliphatic hydroxyl groups excluding tert-OH is 1. The Morgan fingerprint density at radius 1 is 1.06 bits per heavy atom. The van der Waals surface area contributed by atoms with Gasteiger partial charge in [-0.15, -0.1) is 0 Å².